The van der Waals surface area contributed by atoms with Crippen LogP contribution in [0.3, 0.4) is 0 Å². The van der Waals surface area contributed by atoms with Crippen LogP contribution in [0.4, 0.5) is 5.82 Å². The Morgan fingerprint density at radius 1 is 1.38 bits per heavy atom. The van der Waals surface area contributed by atoms with E-state index in [0.29, 0.717) is 22.1 Å². The minimum absolute atomic E-state index is 0.249. The van der Waals surface area contributed by atoms with Gasteiger partial charge in [0.25, 0.3) is 0 Å². The van der Waals surface area contributed by atoms with Gasteiger partial charge in [0.2, 0.25) is 5.88 Å². The molecule has 1 heterocycles. The average Bonchev–Trinajstić information content (AvgIpc) is 2.28. The lowest BCUT2D eigenvalue weighted by Gasteiger charge is -2.29. The van der Waals surface area contributed by atoms with Gasteiger partial charge in [0.05, 0.1) is 0 Å². The van der Waals surface area contributed by atoms with Gasteiger partial charge in [0, 0.05) is 0 Å². The highest BCUT2D eigenvalue weighted by atomic mass is 79.9. The summed E-state index contributed by atoms with van der Waals surface area (Å²) < 4.78 is 6.56. The number of rotatable bonds is 2. The molecule has 1 aromatic heterocycles. The Kier molecular flexibility index (Phi) is 3.63. The molecule has 0 aromatic carbocycles. The number of anilines is 1. The standard InChI is InChI=1S/C11H16BrN3O/c1-7-4-2-3-5-8(7)16-11-9(12)10(13)14-6-15-11/h6-8H,2-5H2,1H3,(H2,13,14,15). The third-order valence-corrected chi connectivity index (χ3v) is 3.83. The van der Waals surface area contributed by atoms with Gasteiger partial charge in [-0.1, -0.05) is 13.3 Å². The molecule has 0 spiro atoms. The van der Waals surface area contributed by atoms with Crippen molar-refractivity contribution in [1.82, 2.24) is 9.97 Å². The van der Waals surface area contributed by atoms with E-state index >= 15 is 0 Å². The van der Waals surface area contributed by atoms with E-state index in [4.69, 9.17) is 10.5 Å². The first-order valence-corrected chi connectivity index (χ1v) is 6.40. The van der Waals surface area contributed by atoms with Crippen LogP contribution in [0.1, 0.15) is 32.6 Å². The van der Waals surface area contributed by atoms with Crippen molar-refractivity contribution in [3.05, 3.63) is 10.8 Å². The van der Waals surface area contributed by atoms with Crippen LogP contribution < -0.4 is 10.5 Å². The first-order chi connectivity index (χ1) is 7.68. The van der Waals surface area contributed by atoms with E-state index in [0.717, 1.165) is 6.42 Å². The highest BCUT2D eigenvalue weighted by Gasteiger charge is 2.24. The number of aromatic nitrogens is 2. The Hall–Kier alpha value is -0.840. The Bertz CT molecular complexity index is 372. The van der Waals surface area contributed by atoms with Gasteiger partial charge in [-0.05, 0) is 41.1 Å². The van der Waals surface area contributed by atoms with Gasteiger partial charge in [-0.3, -0.25) is 0 Å². The fourth-order valence-corrected chi connectivity index (χ4v) is 2.35. The van der Waals surface area contributed by atoms with E-state index in [1.165, 1.54) is 25.6 Å². The van der Waals surface area contributed by atoms with Crippen molar-refractivity contribution >= 4 is 21.7 Å². The van der Waals surface area contributed by atoms with Crippen LogP contribution in [-0.4, -0.2) is 16.1 Å². The lowest BCUT2D eigenvalue weighted by atomic mass is 9.88. The second-order valence-corrected chi connectivity index (χ2v) is 5.09. The normalized spacial score (nSPS) is 25.4. The Morgan fingerprint density at radius 3 is 2.88 bits per heavy atom. The zero-order chi connectivity index (χ0) is 11.5. The molecule has 1 saturated carbocycles. The lowest BCUT2D eigenvalue weighted by molar-refractivity contribution is 0.0966. The van der Waals surface area contributed by atoms with Crippen LogP contribution >= 0.6 is 15.9 Å². The predicted octanol–water partition coefficient (Wildman–Crippen LogP) is 2.78. The van der Waals surface area contributed by atoms with Gasteiger partial charge in [-0.15, -0.1) is 0 Å². The maximum Gasteiger partial charge on any atom is 0.233 e. The molecule has 1 aromatic rings. The molecule has 1 aliphatic carbocycles. The van der Waals surface area contributed by atoms with Crippen LogP contribution in [-0.2, 0) is 0 Å². The second-order valence-electron chi connectivity index (χ2n) is 4.30. The van der Waals surface area contributed by atoms with E-state index in [1.54, 1.807) is 0 Å². The van der Waals surface area contributed by atoms with E-state index in [9.17, 15) is 0 Å². The summed E-state index contributed by atoms with van der Waals surface area (Å²) in [6.07, 6.45) is 6.53. The maximum atomic E-state index is 5.90. The Morgan fingerprint density at radius 2 is 2.12 bits per heavy atom. The van der Waals surface area contributed by atoms with Gasteiger partial charge >= 0.3 is 0 Å². The first-order valence-electron chi connectivity index (χ1n) is 5.61. The third kappa shape index (κ3) is 2.45. The summed E-state index contributed by atoms with van der Waals surface area (Å²) in [4.78, 5) is 8.00. The minimum Gasteiger partial charge on any atom is -0.473 e. The van der Waals surface area contributed by atoms with Crippen LogP contribution in [0, 0.1) is 5.92 Å². The molecular weight excluding hydrogens is 270 g/mol. The molecule has 1 aliphatic rings. The molecule has 2 atom stereocenters. The van der Waals surface area contributed by atoms with Crippen LogP contribution in [0.2, 0.25) is 0 Å². The molecule has 5 heteroatoms. The molecule has 1 fully saturated rings. The van der Waals surface area contributed by atoms with Crippen molar-refractivity contribution in [2.45, 2.75) is 38.7 Å². The molecular formula is C11H16BrN3O. The summed E-state index contributed by atoms with van der Waals surface area (Å²) in [7, 11) is 0. The van der Waals surface area contributed by atoms with Gasteiger partial charge in [-0.25, -0.2) is 9.97 Å². The van der Waals surface area contributed by atoms with E-state index in [-0.39, 0.29) is 6.10 Å². The highest BCUT2D eigenvalue weighted by Crippen LogP contribution is 2.32. The molecule has 16 heavy (non-hydrogen) atoms. The summed E-state index contributed by atoms with van der Waals surface area (Å²) in [5.41, 5.74) is 5.68. The third-order valence-electron chi connectivity index (χ3n) is 3.08. The molecule has 0 aliphatic heterocycles. The van der Waals surface area contributed by atoms with Crippen molar-refractivity contribution in [3.8, 4) is 5.88 Å². The molecule has 0 saturated heterocycles. The zero-order valence-electron chi connectivity index (χ0n) is 9.32. The number of nitrogens with zero attached hydrogens (tertiary/aromatic N) is 2. The summed E-state index contributed by atoms with van der Waals surface area (Å²) in [6, 6.07) is 0. The minimum atomic E-state index is 0.249. The van der Waals surface area contributed by atoms with Gasteiger partial charge in [0.15, 0.2) is 0 Å². The summed E-state index contributed by atoms with van der Waals surface area (Å²) in [5, 5.41) is 0. The van der Waals surface area contributed by atoms with Crippen molar-refractivity contribution in [2.24, 2.45) is 5.92 Å². The highest BCUT2D eigenvalue weighted by molar-refractivity contribution is 9.10. The number of hydrogen-bond donors (Lipinski definition) is 1. The Balaban J connectivity index is 2.10. The van der Waals surface area contributed by atoms with Gasteiger partial charge < -0.3 is 10.5 Å². The molecule has 2 N–H and O–H groups in total. The summed E-state index contributed by atoms with van der Waals surface area (Å²) in [5.74, 6) is 1.57. The first kappa shape index (κ1) is 11.6. The van der Waals surface area contributed by atoms with Crippen LogP contribution in [0.15, 0.2) is 10.8 Å². The molecule has 4 nitrogen and oxygen atoms in total. The van der Waals surface area contributed by atoms with Crippen molar-refractivity contribution in [1.29, 1.82) is 0 Å². The van der Waals surface area contributed by atoms with Gasteiger partial charge in [-0.2, -0.15) is 0 Å². The number of hydrogen-bond acceptors (Lipinski definition) is 4. The molecule has 0 radical (unpaired) electrons. The van der Waals surface area contributed by atoms with Crippen LogP contribution in [0.25, 0.3) is 0 Å². The largest absolute Gasteiger partial charge is 0.473 e. The number of nitrogens with two attached hydrogens (primary N) is 1. The smallest absolute Gasteiger partial charge is 0.233 e. The van der Waals surface area contributed by atoms with Crippen LogP contribution in [0.5, 0.6) is 5.88 Å². The molecule has 2 rings (SSSR count). The predicted molar refractivity (Wildman–Crippen MR) is 66.2 cm³/mol. The SMILES string of the molecule is CC1CCCCC1Oc1ncnc(N)c1Br. The average molecular weight is 286 g/mol. The quantitative estimate of drug-likeness (QED) is 0.908. The molecule has 0 amide bonds. The molecule has 0 bridgehead atoms. The number of nitrogen functional groups attached to an aromatic ring is 1. The molecule has 2 unspecified atom stereocenters. The zero-order valence-corrected chi connectivity index (χ0v) is 10.9. The van der Waals surface area contributed by atoms with Gasteiger partial charge in [0.1, 0.15) is 22.7 Å². The van der Waals surface area contributed by atoms with E-state index in [1.807, 2.05) is 0 Å². The van der Waals surface area contributed by atoms with E-state index in [2.05, 4.69) is 32.8 Å². The second kappa shape index (κ2) is 4.99. The maximum absolute atomic E-state index is 5.90. The summed E-state index contributed by atoms with van der Waals surface area (Å²) >= 11 is 3.35. The van der Waals surface area contributed by atoms with E-state index < -0.39 is 0 Å². The Labute approximate surface area is 104 Å². The number of ether oxygens (including phenoxy) is 1. The fourth-order valence-electron chi connectivity index (χ4n) is 2.05. The fraction of sp³-hybridized carbons (Fsp3) is 0.636. The molecule has 88 valence electrons. The lowest BCUT2D eigenvalue weighted by Crippen LogP contribution is -2.28. The van der Waals surface area contributed by atoms with Crippen molar-refractivity contribution < 1.29 is 4.74 Å². The van der Waals surface area contributed by atoms with Crippen molar-refractivity contribution in [2.75, 3.05) is 5.73 Å². The monoisotopic (exact) mass is 285 g/mol. The van der Waals surface area contributed by atoms with Crippen molar-refractivity contribution in [3.63, 3.8) is 0 Å². The topological polar surface area (TPSA) is 61.0 Å². The summed E-state index contributed by atoms with van der Waals surface area (Å²) in [6.45, 7) is 2.22. The number of halogens is 1.